The molecule has 0 fully saturated rings. The number of carbonyl (C=O) groups is 1. The van der Waals surface area contributed by atoms with E-state index in [1.54, 1.807) is 24.3 Å². The van der Waals surface area contributed by atoms with Gasteiger partial charge in [0.1, 0.15) is 0 Å². The van der Waals surface area contributed by atoms with E-state index in [4.69, 9.17) is 5.11 Å². The van der Waals surface area contributed by atoms with E-state index in [1.165, 1.54) is 6.92 Å². The molecule has 0 saturated heterocycles. The molecule has 1 heterocycles. The molecular formula is C12H11NO4. The van der Waals surface area contributed by atoms with Crippen LogP contribution in [0.3, 0.4) is 0 Å². The molecule has 0 radical (unpaired) electrons. The van der Waals surface area contributed by atoms with E-state index < -0.39 is 11.5 Å². The Labute approximate surface area is 96.5 Å². The molecule has 0 aliphatic carbocycles. The fourth-order valence-corrected chi connectivity index (χ4v) is 1.90. The first kappa shape index (κ1) is 11.2. The summed E-state index contributed by atoms with van der Waals surface area (Å²) in [7, 11) is 0. The molecule has 0 bridgehead atoms. The Morgan fingerprint density at radius 2 is 1.88 bits per heavy atom. The van der Waals surface area contributed by atoms with Crippen molar-refractivity contribution in [3.63, 3.8) is 0 Å². The molecule has 1 aromatic carbocycles. The number of benzene rings is 1. The summed E-state index contributed by atoms with van der Waals surface area (Å²) in [6.45, 7) is 1.52. The number of fused-ring (bicyclic) bond motifs is 1. The second-order valence-electron chi connectivity index (χ2n) is 3.80. The Morgan fingerprint density at radius 3 is 2.47 bits per heavy atom. The van der Waals surface area contributed by atoms with Crippen molar-refractivity contribution in [3.8, 4) is 0 Å². The number of hydrogen-bond acceptors (Lipinski definition) is 3. The maximum Gasteiger partial charge on any atom is 0.307 e. The van der Waals surface area contributed by atoms with Gasteiger partial charge in [-0.15, -0.1) is 0 Å². The van der Waals surface area contributed by atoms with Crippen LogP contribution in [0.15, 0.2) is 29.1 Å². The molecule has 88 valence electrons. The first-order valence-corrected chi connectivity index (χ1v) is 5.06. The van der Waals surface area contributed by atoms with Crippen LogP contribution >= 0.6 is 0 Å². The zero-order chi connectivity index (χ0) is 12.6. The summed E-state index contributed by atoms with van der Waals surface area (Å²) in [5.74, 6) is -1.00. The van der Waals surface area contributed by atoms with Gasteiger partial charge in [-0.3, -0.25) is 9.59 Å². The van der Waals surface area contributed by atoms with Crippen molar-refractivity contribution in [2.24, 2.45) is 0 Å². The van der Waals surface area contributed by atoms with Crippen molar-refractivity contribution in [1.82, 2.24) is 4.73 Å². The lowest BCUT2D eigenvalue weighted by atomic mass is 10.0. The quantitative estimate of drug-likeness (QED) is 0.763. The van der Waals surface area contributed by atoms with Gasteiger partial charge >= 0.3 is 5.97 Å². The van der Waals surface area contributed by atoms with E-state index in [0.717, 1.165) is 0 Å². The normalized spacial score (nSPS) is 10.6. The predicted octanol–water partition coefficient (Wildman–Crippen LogP) is 1.17. The molecule has 2 aromatic rings. The molecule has 2 N–H and O–H groups in total. The van der Waals surface area contributed by atoms with Crippen LogP contribution in [-0.4, -0.2) is 21.0 Å². The minimum Gasteiger partial charge on any atom is -0.481 e. The van der Waals surface area contributed by atoms with E-state index in [0.29, 0.717) is 21.1 Å². The Morgan fingerprint density at radius 1 is 1.29 bits per heavy atom. The van der Waals surface area contributed by atoms with Gasteiger partial charge in [-0.2, -0.15) is 4.73 Å². The van der Waals surface area contributed by atoms with Crippen LogP contribution in [0.25, 0.3) is 10.8 Å². The summed E-state index contributed by atoms with van der Waals surface area (Å²) in [6, 6.07) is 6.65. The third-order valence-corrected chi connectivity index (χ3v) is 2.76. The van der Waals surface area contributed by atoms with E-state index in [9.17, 15) is 14.8 Å². The van der Waals surface area contributed by atoms with Crippen molar-refractivity contribution in [3.05, 3.63) is 45.9 Å². The van der Waals surface area contributed by atoms with Gasteiger partial charge < -0.3 is 10.3 Å². The summed E-state index contributed by atoms with van der Waals surface area (Å²) in [6.07, 6.45) is -0.229. The van der Waals surface area contributed by atoms with Gasteiger partial charge in [-0.25, -0.2) is 0 Å². The Kier molecular flexibility index (Phi) is 2.59. The van der Waals surface area contributed by atoms with E-state index >= 15 is 0 Å². The molecule has 0 unspecified atom stereocenters. The largest absolute Gasteiger partial charge is 0.481 e. The number of pyridine rings is 1. The first-order chi connectivity index (χ1) is 8.02. The third kappa shape index (κ3) is 1.75. The topological polar surface area (TPSA) is 79.5 Å². The number of nitrogens with zero attached hydrogens (tertiary/aromatic N) is 1. The number of hydrogen-bond donors (Lipinski definition) is 2. The average Bonchev–Trinajstić information content (AvgIpc) is 2.31. The highest BCUT2D eigenvalue weighted by Gasteiger charge is 2.14. The molecule has 2 rings (SSSR count). The highest BCUT2D eigenvalue weighted by Crippen LogP contribution is 2.19. The minimum atomic E-state index is -1.00. The molecule has 0 atom stereocenters. The highest BCUT2D eigenvalue weighted by atomic mass is 16.5. The second kappa shape index (κ2) is 3.93. The molecule has 0 aliphatic heterocycles. The number of aliphatic carboxylic acids is 1. The summed E-state index contributed by atoms with van der Waals surface area (Å²) < 4.78 is 0.501. The van der Waals surface area contributed by atoms with Crippen molar-refractivity contribution < 1.29 is 15.1 Å². The van der Waals surface area contributed by atoms with Crippen LogP contribution in [0.1, 0.15) is 11.3 Å². The lowest BCUT2D eigenvalue weighted by Crippen LogP contribution is -2.23. The maximum absolute atomic E-state index is 11.8. The zero-order valence-corrected chi connectivity index (χ0v) is 9.17. The molecule has 0 amide bonds. The van der Waals surface area contributed by atoms with Gasteiger partial charge in [0.05, 0.1) is 17.5 Å². The number of carboxylic acids is 1. The van der Waals surface area contributed by atoms with Gasteiger partial charge in [0.25, 0.3) is 5.56 Å². The second-order valence-corrected chi connectivity index (χ2v) is 3.80. The first-order valence-electron chi connectivity index (χ1n) is 5.06. The molecule has 0 saturated carbocycles. The molecule has 5 nitrogen and oxygen atoms in total. The van der Waals surface area contributed by atoms with Crippen LogP contribution in [-0.2, 0) is 11.2 Å². The average molecular weight is 233 g/mol. The highest BCUT2D eigenvalue weighted by molar-refractivity contribution is 5.88. The monoisotopic (exact) mass is 233 g/mol. The molecule has 0 spiro atoms. The van der Waals surface area contributed by atoms with Crippen molar-refractivity contribution in [1.29, 1.82) is 0 Å². The van der Waals surface area contributed by atoms with Crippen molar-refractivity contribution in [2.45, 2.75) is 13.3 Å². The molecular weight excluding hydrogens is 222 g/mol. The lowest BCUT2D eigenvalue weighted by molar-refractivity contribution is -0.136. The van der Waals surface area contributed by atoms with Gasteiger partial charge in [0.15, 0.2) is 0 Å². The molecule has 17 heavy (non-hydrogen) atoms. The van der Waals surface area contributed by atoms with Crippen molar-refractivity contribution in [2.75, 3.05) is 0 Å². The smallest absolute Gasteiger partial charge is 0.307 e. The van der Waals surface area contributed by atoms with Crippen LogP contribution < -0.4 is 5.56 Å². The molecule has 5 heteroatoms. The van der Waals surface area contributed by atoms with E-state index in [2.05, 4.69) is 0 Å². The Hall–Kier alpha value is -2.30. The van der Waals surface area contributed by atoms with Crippen LogP contribution in [0.2, 0.25) is 0 Å². The lowest BCUT2D eigenvalue weighted by Gasteiger charge is -2.11. The zero-order valence-electron chi connectivity index (χ0n) is 9.17. The number of carboxylic acid groups (broad SMARTS) is 1. The fourth-order valence-electron chi connectivity index (χ4n) is 1.90. The third-order valence-electron chi connectivity index (χ3n) is 2.76. The maximum atomic E-state index is 11.8. The molecule has 1 aromatic heterocycles. The Balaban J connectivity index is 2.90. The number of rotatable bonds is 2. The summed E-state index contributed by atoms with van der Waals surface area (Å²) in [5, 5.41) is 19.3. The van der Waals surface area contributed by atoms with Gasteiger partial charge in [0, 0.05) is 0 Å². The number of aromatic nitrogens is 1. The van der Waals surface area contributed by atoms with Gasteiger partial charge in [-0.05, 0) is 23.9 Å². The Bertz CT molecular complexity index is 657. The summed E-state index contributed by atoms with van der Waals surface area (Å²) >= 11 is 0. The van der Waals surface area contributed by atoms with Gasteiger partial charge in [0.2, 0.25) is 0 Å². The molecule has 0 aliphatic rings. The summed E-state index contributed by atoms with van der Waals surface area (Å²) in [5.41, 5.74) is 0.179. The summed E-state index contributed by atoms with van der Waals surface area (Å²) in [4.78, 5) is 22.5. The van der Waals surface area contributed by atoms with Crippen molar-refractivity contribution >= 4 is 16.7 Å². The van der Waals surface area contributed by atoms with Gasteiger partial charge in [-0.1, -0.05) is 18.2 Å². The predicted molar refractivity (Wildman–Crippen MR) is 61.5 cm³/mol. The minimum absolute atomic E-state index is 0.229. The van der Waals surface area contributed by atoms with E-state index in [1.807, 2.05) is 0 Å². The van der Waals surface area contributed by atoms with Crippen LogP contribution in [0.4, 0.5) is 0 Å². The SMILES string of the molecule is Cc1c(CC(=O)O)c2ccccc2c(=O)n1O. The van der Waals surface area contributed by atoms with Crippen LogP contribution in [0.5, 0.6) is 0 Å². The van der Waals surface area contributed by atoms with E-state index in [-0.39, 0.29) is 12.1 Å². The standard InChI is InChI=1S/C12H11NO4/c1-7-10(6-11(14)15)8-4-2-3-5-9(8)12(16)13(7)17/h2-5,17H,6H2,1H3,(H,14,15). The van der Waals surface area contributed by atoms with Crippen LogP contribution in [0, 0.1) is 6.92 Å². The fraction of sp³-hybridized carbons (Fsp3) is 0.167.